The highest BCUT2D eigenvalue weighted by Gasteiger charge is 2.36. The lowest BCUT2D eigenvalue weighted by atomic mass is 10.1. The van der Waals surface area contributed by atoms with E-state index < -0.39 is 17.7 Å². The molecule has 0 bridgehead atoms. The van der Waals surface area contributed by atoms with Gasteiger partial charge in [-0.3, -0.25) is 14.4 Å². The second kappa shape index (κ2) is 7.11. The summed E-state index contributed by atoms with van der Waals surface area (Å²) in [6.07, 6.45) is 0. The van der Waals surface area contributed by atoms with E-state index in [2.05, 4.69) is 5.32 Å². The van der Waals surface area contributed by atoms with E-state index >= 15 is 0 Å². The third-order valence-electron chi connectivity index (χ3n) is 4.33. The molecule has 28 heavy (non-hydrogen) atoms. The van der Waals surface area contributed by atoms with E-state index in [0.717, 1.165) is 4.90 Å². The van der Waals surface area contributed by atoms with Gasteiger partial charge in [0.2, 0.25) is 0 Å². The number of fused-ring (bicyclic) bond motifs is 1. The lowest BCUT2D eigenvalue weighted by molar-refractivity contribution is 0.0925. The summed E-state index contributed by atoms with van der Waals surface area (Å²) < 4.78 is 0. The summed E-state index contributed by atoms with van der Waals surface area (Å²) in [5.74, 6) is -1.25. The van der Waals surface area contributed by atoms with Gasteiger partial charge in [-0.15, -0.1) is 0 Å². The van der Waals surface area contributed by atoms with Crippen LogP contribution in [0.1, 0.15) is 31.1 Å². The molecule has 0 radical (unpaired) electrons. The average Bonchev–Trinajstić information content (AvgIpc) is 2.95. The number of hydrogen-bond donors (Lipinski definition) is 1. The van der Waals surface area contributed by atoms with Crippen molar-refractivity contribution in [2.24, 2.45) is 0 Å². The Balaban J connectivity index is 1.63. The summed E-state index contributed by atoms with van der Waals surface area (Å²) in [7, 11) is 0. The second-order valence-corrected chi connectivity index (χ2v) is 6.96. The Morgan fingerprint density at radius 2 is 1.50 bits per heavy atom. The fraction of sp³-hybridized carbons (Fsp3) is 0. The van der Waals surface area contributed by atoms with Gasteiger partial charge in [0.15, 0.2) is 0 Å². The van der Waals surface area contributed by atoms with E-state index in [1.807, 2.05) is 0 Å². The van der Waals surface area contributed by atoms with Crippen molar-refractivity contribution in [1.82, 2.24) is 0 Å². The molecule has 0 aromatic heterocycles. The summed E-state index contributed by atoms with van der Waals surface area (Å²) in [6, 6.07) is 17.7. The van der Waals surface area contributed by atoms with Crippen molar-refractivity contribution in [1.29, 1.82) is 0 Å². The summed E-state index contributed by atoms with van der Waals surface area (Å²) in [4.78, 5) is 38.9. The molecule has 3 amide bonds. The molecule has 0 aliphatic carbocycles. The first kappa shape index (κ1) is 18.2. The van der Waals surface area contributed by atoms with Crippen LogP contribution < -0.4 is 10.2 Å². The topological polar surface area (TPSA) is 66.5 Å². The van der Waals surface area contributed by atoms with Gasteiger partial charge in [-0.25, -0.2) is 4.90 Å². The fourth-order valence-electron chi connectivity index (χ4n) is 3.02. The molecule has 0 atom stereocenters. The van der Waals surface area contributed by atoms with Crippen LogP contribution >= 0.6 is 23.2 Å². The molecule has 1 heterocycles. The molecule has 138 valence electrons. The van der Waals surface area contributed by atoms with E-state index in [9.17, 15) is 14.4 Å². The van der Waals surface area contributed by atoms with E-state index in [0.29, 0.717) is 27.5 Å². The van der Waals surface area contributed by atoms with Crippen LogP contribution in [0.2, 0.25) is 10.0 Å². The Hall–Kier alpha value is -3.15. The number of benzene rings is 3. The maximum absolute atomic E-state index is 12.6. The third kappa shape index (κ3) is 3.15. The smallest absolute Gasteiger partial charge is 0.266 e. The minimum Gasteiger partial charge on any atom is -0.322 e. The molecule has 3 aromatic rings. The number of anilines is 2. The van der Waals surface area contributed by atoms with Crippen LogP contribution in [-0.2, 0) is 0 Å². The van der Waals surface area contributed by atoms with Crippen LogP contribution in [0.5, 0.6) is 0 Å². The van der Waals surface area contributed by atoms with Gasteiger partial charge in [-0.05, 0) is 48.5 Å². The van der Waals surface area contributed by atoms with Gasteiger partial charge in [0.05, 0.1) is 27.4 Å². The Kier molecular flexibility index (Phi) is 4.63. The molecule has 3 aromatic carbocycles. The van der Waals surface area contributed by atoms with Gasteiger partial charge in [0, 0.05) is 10.7 Å². The highest BCUT2D eigenvalue weighted by atomic mass is 35.5. The zero-order chi connectivity index (χ0) is 19.8. The number of amides is 3. The number of halogens is 2. The highest BCUT2D eigenvalue weighted by Crippen LogP contribution is 2.30. The van der Waals surface area contributed by atoms with Crippen molar-refractivity contribution in [3.63, 3.8) is 0 Å². The molecule has 0 fully saturated rings. The fourth-order valence-corrected chi connectivity index (χ4v) is 3.39. The van der Waals surface area contributed by atoms with Gasteiger partial charge in [0.25, 0.3) is 17.7 Å². The van der Waals surface area contributed by atoms with Crippen LogP contribution in [0.4, 0.5) is 11.4 Å². The van der Waals surface area contributed by atoms with Crippen molar-refractivity contribution in [3.05, 3.63) is 93.5 Å². The van der Waals surface area contributed by atoms with E-state index in [4.69, 9.17) is 23.2 Å². The SMILES string of the molecule is O=C(Nc1cccc(N2C(=O)c3ccccc3C2=O)c1)c1cc(Cl)ccc1Cl. The minimum absolute atomic E-state index is 0.223. The van der Waals surface area contributed by atoms with Gasteiger partial charge in [0.1, 0.15) is 0 Å². The molecule has 0 saturated carbocycles. The Labute approximate surface area is 170 Å². The maximum atomic E-state index is 12.6. The van der Waals surface area contributed by atoms with Crippen molar-refractivity contribution >= 4 is 52.3 Å². The molecule has 0 saturated heterocycles. The molecule has 5 nitrogen and oxygen atoms in total. The molecular weight excluding hydrogens is 399 g/mol. The summed E-state index contributed by atoms with van der Waals surface area (Å²) in [5.41, 5.74) is 1.71. The van der Waals surface area contributed by atoms with E-state index in [1.54, 1.807) is 54.6 Å². The van der Waals surface area contributed by atoms with Gasteiger partial charge < -0.3 is 5.32 Å². The number of hydrogen-bond acceptors (Lipinski definition) is 3. The molecule has 0 unspecified atom stereocenters. The second-order valence-electron chi connectivity index (χ2n) is 6.12. The first-order valence-electron chi connectivity index (χ1n) is 8.30. The zero-order valence-electron chi connectivity index (χ0n) is 14.3. The number of carbonyl (C=O) groups is 3. The zero-order valence-corrected chi connectivity index (χ0v) is 15.8. The van der Waals surface area contributed by atoms with E-state index in [1.165, 1.54) is 12.1 Å². The molecule has 1 aliphatic heterocycles. The van der Waals surface area contributed by atoms with Gasteiger partial charge in [-0.2, -0.15) is 0 Å². The largest absolute Gasteiger partial charge is 0.322 e. The molecule has 0 spiro atoms. The summed E-state index contributed by atoms with van der Waals surface area (Å²) >= 11 is 12.0. The summed E-state index contributed by atoms with van der Waals surface area (Å²) in [6.45, 7) is 0. The number of rotatable bonds is 3. The first-order valence-corrected chi connectivity index (χ1v) is 9.05. The molecule has 4 rings (SSSR count). The first-order chi connectivity index (χ1) is 13.5. The van der Waals surface area contributed by atoms with Crippen LogP contribution in [0.3, 0.4) is 0 Å². The van der Waals surface area contributed by atoms with E-state index in [-0.39, 0.29) is 10.6 Å². The normalized spacial score (nSPS) is 12.9. The van der Waals surface area contributed by atoms with Crippen LogP contribution in [-0.4, -0.2) is 17.7 Å². The Morgan fingerprint density at radius 3 is 2.18 bits per heavy atom. The lowest BCUT2D eigenvalue weighted by Gasteiger charge is -2.15. The van der Waals surface area contributed by atoms with Crippen LogP contribution in [0, 0.1) is 0 Å². The lowest BCUT2D eigenvalue weighted by Crippen LogP contribution is -2.29. The van der Waals surface area contributed by atoms with Crippen molar-refractivity contribution in [2.75, 3.05) is 10.2 Å². The number of carbonyl (C=O) groups excluding carboxylic acids is 3. The maximum Gasteiger partial charge on any atom is 0.266 e. The predicted molar refractivity (Wildman–Crippen MR) is 108 cm³/mol. The van der Waals surface area contributed by atoms with Crippen LogP contribution in [0.15, 0.2) is 66.7 Å². The quantitative estimate of drug-likeness (QED) is 0.614. The molecular formula is C21H12Cl2N2O3. The highest BCUT2D eigenvalue weighted by molar-refractivity contribution is 6.36. The summed E-state index contributed by atoms with van der Waals surface area (Å²) in [5, 5.41) is 3.36. The van der Waals surface area contributed by atoms with Crippen molar-refractivity contribution < 1.29 is 14.4 Å². The molecule has 1 aliphatic rings. The number of imide groups is 1. The van der Waals surface area contributed by atoms with Crippen molar-refractivity contribution in [3.8, 4) is 0 Å². The van der Waals surface area contributed by atoms with Gasteiger partial charge in [-0.1, -0.05) is 41.4 Å². The Bertz CT molecular complexity index is 1110. The predicted octanol–water partition coefficient (Wildman–Crippen LogP) is 5.05. The average molecular weight is 411 g/mol. The monoisotopic (exact) mass is 410 g/mol. The number of nitrogens with zero attached hydrogens (tertiary/aromatic N) is 1. The molecule has 1 N–H and O–H groups in total. The Morgan fingerprint density at radius 1 is 0.821 bits per heavy atom. The number of nitrogens with one attached hydrogen (secondary N) is 1. The minimum atomic E-state index is -0.452. The van der Waals surface area contributed by atoms with Crippen molar-refractivity contribution in [2.45, 2.75) is 0 Å². The van der Waals surface area contributed by atoms with Gasteiger partial charge >= 0.3 is 0 Å². The van der Waals surface area contributed by atoms with Crippen LogP contribution in [0.25, 0.3) is 0 Å². The standard InChI is InChI=1S/C21H12Cl2N2O3/c22-12-8-9-18(23)17(10-12)19(26)24-13-4-3-5-14(11-13)25-20(27)15-6-1-2-7-16(15)21(25)28/h1-11H,(H,24,26). The third-order valence-corrected chi connectivity index (χ3v) is 4.89. The molecule has 7 heteroatoms.